The Morgan fingerprint density at radius 1 is 1.53 bits per heavy atom. The van der Waals surface area contributed by atoms with Gasteiger partial charge in [-0.3, -0.25) is 0 Å². The summed E-state index contributed by atoms with van der Waals surface area (Å²) >= 11 is 6.05. The van der Waals surface area contributed by atoms with Crippen LogP contribution in [0, 0.1) is 6.92 Å². The van der Waals surface area contributed by atoms with Gasteiger partial charge < -0.3 is 9.14 Å². The van der Waals surface area contributed by atoms with E-state index in [2.05, 4.69) is 0 Å². The summed E-state index contributed by atoms with van der Waals surface area (Å²) in [5, 5.41) is 0.547. The number of carbonyl (C=O) groups is 1. The van der Waals surface area contributed by atoms with Crippen LogP contribution in [-0.4, -0.2) is 17.5 Å². The van der Waals surface area contributed by atoms with Gasteiger partial charge in [0.25, 0.3) is 0 Å². The van der Waals surface area contributed by atoms with Crippen molar-refractivity contribution in [2.24, 2.45) is 0 Å². The molecule has 0 fully saturated rings. The van der Waals surface area contributed by atoms with Crippen LogP contribution in [0.4, 0.5) is 0 Å². The molecule has 0 saturated carbocycles. The van der Waals surface area contributed by atoms with Crippen molar-refractivity contribution in [3.8, 4) is 0 Å². The van der Waals surface area contributed by atoms with Crippen molar-refractivity contribution in [2.45, 2.75) is 6.92 Å². The molecule has 0 amide bonds. The number of aryl methyl sites for hydroxylation is 1. The summed E-state index contributed by atoms with van der Waals surface area (Å²) in [4.78, 5) is 11.5. The number of aromatic nitrogens is 1. The maximum atomic E-state index is 11.5. The molecule has 2 aromatic heterocycles. The second kappa shape index (κ2) is 3.59. The van der Waals surface area contributed by atoms with E-state index in [-0.39, 0.29) is 5.97 Å². The Labute approximate surface area is 92.2 Å². The number of rotatable bonds is 1. The monoisotopic (exact) mass is 223 g/mol. The number of hydrogen-bond acceptors (Lipinski definition) is 2. The summed E-state index contributed by atoms with van der Waals surface area (Å²) in [6.07, 6.45) is 1.86. The van der Waals surface area contributed by atoms with Gasteiger partial charge in [-0.2, -0.15) is 0 Å². The SMILES string of the molecule is COC(=O)c1cc(C)n2cccc(Cl)c12. The maximum Gasteiger partial charge on any atom is 0.340 e. The van der Waals surface area contributed by atoms with Crippen LogP contribution in [0.3, 0.4) is 0 Å². The third kappa shape index (κ3) is 1.49. The molecule has 0 bridgehead atoms. The number of methoxy groups -OCH3 is 1. The quantitative estimate of drug-likeness (QED) is 0.696. The molecule has 0 aliphatic carbocycles. The Morgan fingerprint density at radius 2 is 2.27 bits per heavy atom. The summed E-state index contributed by atoms with van der Waals surface area (Å²) in [6.45, 7) is 1.91. The number of pyridine rings is 1. The molecule has 0 unspecified atom stereocenters. The fourth-order valence-corrected chi connectivity index (χ4v) is 1.91. The Bertz CT molecular complexity index is 531. The van der Waals surface area contributed by atoms with Crippen molar-refractivity contribution in [1.82, 2.24) is 4.40 Å². The molecule has 15 heavy (non-hydrogen) atoms. The van der Waals surface area contributed by atoms with Crippen molar-refractivity contribution >= 4 is 23.1 Å². The van der Waals surface area contributed by atoms with Gasteiger partial charge in [0.2, 0.25) is 0 Å². The van der Waals surface area contributed by atoms with Crippen LogP contribution >= 0.6 is 11.6 Å². The number of halogens is 1. The Balaban J connectivity index is 2.81. The van der Waals surface area contributed by atoms with Crippen molar-refractivity contribution in [3.05, 3.63) is 40.7 Å². The number of hydrogen-bond donors (Lipinski definition) is 0. The van der Waals surface area contributed by atoms with Crippen LogP contribution < -0.4 is 0 Å². The van der Waals surface area contributed by atoms with Crippen molar-refractivity contribution in [1.29, 1.82) is 0 Å². The zero-order valence-electron chi connectivity index (χ0n) is 8.45. The molecule has 0 aliphatic rings. The van der Waals surface area contributed by atoms with Gasteiger partial charge in [-0.15, -0.1) is 0 Å². The second-order valence-electron chi connectivity index (χ2n) is 3.27. The van der Waals surface area contributed by atoms with E-state index < -0.39 is 0 Å². The lowest BCUT2D eigenvalue weighted by Gasteiger charge is -2.01. The fourth-order valence-electron chi connectivity index (χ4n) is 1.65. The minimum absolute atomic E-state index is 0.367. The first-order valence-corrected chi connectivity index (χ1v) is 4.87. The highest BCUT2D eigenvalue weighted by Crippen LogP contribution is 2.24. The number of ether oxygens (including phenoxy) is 1. The fraction of sp³-hybridized carbons (Fsp3) is 0.182. The summed E-state index contributed by atoms with van der Waals surface area (Å²) in [5.74, 6) is -0.367. The predicted molar refractivity (Wildman–Crippen MR) is 58.5 cm³/mol. The average molecular weight is 224 g/mol. The van der Waals surface area contributed by atoms with E-state index in [1.165, 1.54) is 7.11 Å². The van der Waals surface area contributed by atoms with E-state index >= 15 is 0 Å². The number of fused-ring (bicyclic) bond motifs is 1. The average Bonchev–Trinajstić information content (AvgIpc) is 2.57. The van der Waals surface area contributed by atoms with Gasteiger partial charge in [0.15, 0.2) is 0 Å². The highest BCUT2D eigenvalue weighted by molar-refractivity contribution is 6.34. The Morgan fingerprint density at radius 3 is 2.93 bits per heavy atom. The van der Waals surface area contributed by atoms with Crippen LogP contribution in [0.25, 0.3) is 5.52 Å². The molecule has 0 spiro atoms. The van der Waals surface area contributed by atoms with Gasteiger partial charge in [0, 0.05) is 11.9 Å². The third-order valence-corrected chi connectivity index (χ3v) is 2.64. The molecule has 78 valence electrons. The van der Waals surface area contributed by atoms with E-state index in [1.807, 2.05) is 23.6 Å². The number of carbonyl (C=O) groups excluding carboxylic acids is 1. The van der Waals surface area contributed by atoms with Gasteiger partial charge in [0.1, 0.15) is 0 Å². The van der Waals surface area contributed by atoms with Gasteiger partial charge >= 0.3 is 5.97 Å². The van der Waals surface area contributed by atoms with Crippen molar-refractivity contribution < 1.29 is 9.53 Å². The molecule has 0 atom stereocenters. The smallest absolute Gasteiger partial charge is 0.340 e. The van der Waals surface area contributed by atoms with Crippen LogP contribution in [-0.2, 0) is 4.74 Å². The summed E-state index contributed by atoms with van der Waals surface area (Å²) < 4.78 is 6.57. The number of esters is 1. The molecule has 2 heterocycles. The molecule has 2 rings (SSSR count). The molecule has 0 N–H and O–H groups in total. The van der Waals surface area contributed by atoms with E-state index in [9.17, 15) is 4.79 Å². The van der Waals surface area contributed by atoms with Crippen LogP contribution in [0.15, 0.2) is 24.4 Å². The molecule has 4 heteroatoms. The summed E-state index contributed by atoms with van der Waals surface area (Å²) in [5.41, 5.74) is 2.15. The number of nitrogens with zero attached hydrogens (tertiary/aromatic N) is 1. The van der Waals surface area contributed by atoms with E-state index in [0.717, 1.165) is 5.69 Å². The normalized spacial score (nSPS) is 10.6. The van der Waals surface area contributed by atoms with Gasteiger partial charge in [-0.05, 0) is 25.1 Å². The molecular weight excluding hydrogens is 214 g/mol. The first kappa shape index (κ1) is 10.1. The molecule has 0 aromatic carbocycles. The molecule has 0 aliphatic heterocycles. The van der Waals surface area contributed by atoms with Crippen LogP contribution in [0.2, 0.25) is 5.02 Å². The highest BCUT2D eigenvalue weighted by atomic mass is 35.5. The van der Waals surface area contributed by atoms with Gasteiger partial charge in [-0.1, -0.05) is 11.6 Å². The Kier molecular flexibility index (Phi) is 2.40. The zero-order valence-corrected chi connectivity index (χ0v) is 9.21. The van der Waals surface area contributed by atoms with E-state index in [1.54, 1.807) is 12.1 Å². The molecule has 0 saturated heterocycles. The lowest BCUT2D eigenvalue weighted by Crippen LogP contribution is -2.00. The van der Waals surface area contributed by atoms with Crippen molar-refractivity contribution in [3.63, 3.8) is 0 Å². The van der Waals surface area contributed by atoms with E-state index in [0.29, 0.717) is 16.1 Å². The lowest BCUT2D eigenvalue weighted by atomic mass is 10.2. The predicted octanol–water partition coefficient (Wildman–Crippen LogP) is 2.69. The minimum atomic E-state index is -0.367. The lowest BCUT2D eigenvalue weighted by molar-refractivity contribution is 0.0603. The first-order chi connectivity index (χ1) is 7.15. The molecule has 0 radical (unpaired) electrons. The second-order valence-corrected chi connectivity index (χ2v) is 3.67. The highest BCUT2D eigenvalue weighted by Gasteiger charge is 2.15. The van der Waals surface area contributed by atoms with E-state index in [4.69, 9.17) is 16.3 Å². The van der Waals surface area contributed by atoms with Crippen LogP contribution in [0.5, 0.6) is 0 Å². The summed E-state index contributed by atoms with van der Waals surface area (Å²) in [6, 6.07) is 5.36. The van der Waals surface area contributed by atoms with Gasteiger partial charge in [-0.25, -0.2) is 4.79 Å². The minimum Gasteiger partial charge on any atom is -0.465 e. The topological polar surface area (TPSA) is 30.7 Å². The van der Waals surface area contributed by atoms with Crippen LogP contribution in [0.1, 0.15) is 16.1 Å². The molecular formula is C11H10ClNO2. The molecule has 2 aromatic rings. The first-order valence-electron chi connectivity index (χ1n) is 4.49. The van der Waals surface area contributed by atoms with Crippen molar-refractivity contribution in [2.75, 3.05) is 7.11 Å². The largest absolute Gasteiger partial charge is 0.465 e. The molecule has 3 nitrogen and oxygen atoms in total. The van der Waals surface area contributed by atoms with Gasteiger partial charge in [0.05, 0.1) is 23.2 Å². The zero-order chi connectivity index (χ0) is 11.0. The maximum absolute atomic E-state index is 11.5. The Hall–Kier alpha value is -1.48. The third-order valence-electron chi connectivity index (χ3n) is 2.34. The standard InChI is InChI=1S/C11H10ClNO2/c1-7-6-8(11(14)15-2)10-9(12)4-3-5-13(7)10/h3-6H,1-2H3. The summed E-state index contributed by atoms with van der Waals surface area (Å²) in [7, 11) is 1.36.